The molecule has 1 aliphatic heterocycles. The van der Waals surface area contributed by atoms with Crippen LogP contribution in [0, 0.1) is 11.2 Å². The highest BCUT2D eigenvalue weighted by molar-refractivity contribution is 5.85. The van der Waals surface area contributed by atoms with Crippen LogP contribution in [0.5, 0.6) is 5.75 Å². The number of rotatable bonds is 6. The fourth-order valence-electron chi connectivity index (χ4n) is 3.15. The first-order valence-electron chi connectivity index (χ1n) is 8.46. The van der Waals surface area contributed by atoms with Gasteiger partial charge in [-0.25, -0.2) is 4.39 Å². The highest BCUT2D eigenvalue weighted by Gasteiger charge is 2.38. The van der Waals surface area contributed by atoms with E-state index in [0.29, 0.717) is 25.4 Å². The summed E-state index contributed by atoms with van der Waals surface area (Å²) in [6, 6.07) is 6.07. The zero-order valence-electron chi connectivity index (χ0n) is 14.5. The van der Waals surface area contributed by atoms with Gasteiger partial charge in [0.15, 0.2) is 0 Å². The molecule has 24 heavy (non-hydrogen) atoms. The minimum absolute atomic E-state index is 0. The molecule has 1 aromatic rings. The Bertz CT molecular complexity index is 504. The summed E-state index contributed by atoms with van der Waals surface area (Å²) in [5, 5.41) is 0. The van der Waals surface area contributed by atoms with Crippen molar-refractivity contribution in [2.45, 2.75) is 45.6 Å². The molecular weight excluding hydrogens is 331 g/mol. The van der Waals surface area contributed by atoms with Crippen LogP contribution in [-0.2, 0) is 4.79 Å². The van der Waals surface area contributed by atoms with Gasteiger partial charge in [-0.2, -0.15) is 0 Å². The van der Waals surface area contributed by atoms with Crippen molar-refractivity contribution in [3.05, 3.63) is 30.1 Å². The Hall–Kier alpha value is -1.33. The molecule has 1 aliphatic rings. The molecule has 2 N–H and O–H groups in total. The normalized spacial score (nSPS) is 15.8. The van der Waals surface area contributed by atoms with Crippen molar-refractivity contribution in [3.63, 3.8) is 0 Å². The molecule has 1 saturated heterocycles. The molecule has 0 unspecified atom stereocenters. The van der Waals surface area contributed by atoms with Crippen LogP contribution in [-0.4, -0.2) is 36.5 Å². The summed E-state index contributed by atoms with van der Waals surface area (Å²) in [6.07, 6.45) is 3.18. The number of amides is 1. The lowest BCUT2D eigenvalue weighted by molar-refractivity contribution is -0.144. The minimum Gasteiger partial charge on any atom is -0.490 e. The molecule has 136 valence electrons. The van der Waals surface area contributed by atoms with E-state index in [4.69, 9.17) is 10.5 Å². The van der Waals surface area contributed by atoms with Crippen molar-refractivity contribution in [2.75, 3.05) is 19.6 Å². The highest BCUT2D eigenvalue weighted by atomic mass is 35.5. The van der Waals surface area contributed by atoms with E-state index in [1.54, 1.807) is 12.1 Å². The van der Waals surface area contributed by atoms with E-state index in [1.165, 1.54) is 12.1 Å². The van der Waals surface area contributed by atoms with Crippen LogP contribution >= 0.6 is 12.4 Å². The summed E-state index contributed by atoms with van der Waals surface area (Å²) < 4.78 is 18.8. The number of nitrogens with two attached hydrogens (primary N) is 1. The summed E-state index contributed by atoms with van der Waals surface area (Å²) in [6.45, 7) is 5.82. The smallest absolute Gasteiger partial charge is 0.230 e. The largest absolute Gasteiger partial charge is 0.490 e. The van der Waals surface area contributed by atoms with Gasteiger partial charge in [-0.1, -0.05) is 13.8 Å². The number of hydrogen-bond donors (Lipinski definition) is 1. The highest BCUT2D eigenvalue weighted by Crippen LogP contribution is 2.29. The zero-order chi connectivity index (χ0) is 16.9. The lowest BCUT2D eigenvalue weighted by Gasteiger charge is -2.39. The number of likely N-dealkylation sites (tertiary alicyclic amines) is 1. The topological polar surface area (TPSA) is 55.6 Å². The van der Waals surface area contributed by atoms with Crippen molar-refractivity contribution in [3.8, 4) is 5.75 Å². The van der Waals surface area contributed by atoms with Crippen molar-refractivity contribution >= 4 is 18.3 Å². The average Bonchev–Trinajstić information content (AvgIpc) is 2.59. The van der Waals surface area contributed by atoms with E-state index in [0.717, 1.165) is 25.7 Å². The molecular formula is C18H28ClFN2O2. The van der Waals surface area contributed by atoms with Crippen LogP contribution in [0.15, 0.2) is 24.3 Å². The molecule has 0 spiro atoms. The maximum atomic E-state index is 12.9. The van der Waals surface area contributed by atoms with Crippen LogP contribution < -0.4 is 10.5 Å². The fourth-order valence-corrected chi connectivity index (χ4v) is 3.15. The predicted octanol–water partition coefficient (Wildman–Crippen LogP) is 3.38. The van der Waals surface area contributed by atoms with Crippen molar-refractivity contribution in [2.24, 2.45) is 11.1 Å². The van der Waals surface area contributed by atoms with E-state index < -0.39 is 5.41 Å². The van der Waals surface area contributed by atoms with E-state index >= 15 is 0 Å². The van der Waals surface area contributed by atoms with E-state index in [-0.39, 0.29) is 30.2 Å². The predicted molar refractivity (Wildman–Crippen MR) is 95.9 cm³/mol. The standard InChI is InChI=1S/C18H27FN2O2.ClH/c1-3-18(4-2,13-20)17(22)21-11-9-16(10-12-21)23-15-7-5-14(19)6-8-15;/h5-8,16H,3-4,9-13,20H2,1-2H3;1H. The summed E-state index contributed by atoms with van der Waals surface area (Å²) >= 11 is 0. The number of ether oxygens (including phenoxy) is 1. The molecule has 0 aromatic heterocycles. The van der Waals surface area contributed by atoms with Gasteiger partial charge in [0, 0.05) is 32.5 Å². The second-order valence-corrected chi connectivity index (χ2v) is 6.25. The third-order valence-corrected chi connectivity index (χ3v) is 5.04. The average molecular weight is 359 g/mol. The monoisotopic (exact) mass is 358 g/mol. The van der Waals surface area contributed by atoms with Gasteiger partial charge < -0.3 is 15.4 Å². The third kappa shape index (κ3) is 4.61. The summed E-state index contributed by atoms with van der Waals surface area (Å²) in [5.41, 5.74) is 5.45. The van der Waals surface area contributed by atoms with Crippen molar-refractivity contribution in [1.82, 2.24) is 4.90 Å². The molecule has 1 aromatic carbocycles. The second kappa shape index (κ2) is 9.23. The number of nitrogens with zero attached hydrogens (tertiary/aromatic N) is 1. The van der Waals surface area contributed by atoms with E-state index in [9.17, 15) is 9.18 Å². The number of benzene rings is 1. The first-order chi connectivity index (χ1) is 11.0. The summed E-state index contributed by atoms with van der Waals surface area (Å²) in [5.74, 6) is 0.579. The Morgan fingerprint density at radius 1 is 1.25 bits per heavy atom. The molecule has 0 saturated carbocycles. The van der Waals surface area contributed by atoms with Gasteiger partial charge >= 0.3 is 0 Å². The first kappa shape index (κ1) is 20.7. The molecule has 1 amide bonds. The lowest BCUT2D eigenvalue weighted by Crippen LogP contribution is -2.51. The van der Waals surface area contributed by atoms with Crippen molar-refractivity contribution in [1.29, 1.82) is 0 Å². The third-order valence-electron chi connectivity index (χ3n) is 5.04. The number of carbonyl (C=O) groups is 1. The fraction of sp³-hybridized carbons (Fsp3) is 0.611. The molecule has 1 heterocycles. The van der Waals surface area contributed by atoms with Gasteiger partial charge in [0.25, 0.3) is 0 Å². The van der Waals surface area contributed by atoms with Crippen LogP contribution in [0.1, 0.15) is 39.5 Å². The van der Waals surface area contributed by atoms with Gasteiger partial charge in [0.1, 0.15) is 17.7 Å². The Kier molecular flexibility index (Phi) is 7.97. The second-order valence-electron chi connectivity index (χ2n) is 6.25. The lowest BCUT2D eigenvalue weighted by atomic mass is 9.80. The van der Waals surface area contributed by atoms with E-state index in [1.807, 2.05) is 18.7 Å². The Morgan fingerprint density at radius 3 is 2.25 bits per heavy atom. The van der Waals surface area contributed by atoms with Crippen LogP contribution in [0.4, 0.5) is 4.39 Å². The summed E-state index contributed by atoms with van der Waals surface area (Å²) in [7, 11) is 0. The van der Waals surface area contributed by atoms with Gasteiger partial charge in [0.2, 0.25) is 5.91 Å². The SMILES string of the molecule is CCC(CC)(CN)C(=O)N1CCC(Oc2ccc(F)cc2)CC1.Cl. The maximum Gasteiger partial charge on any atom is 0.230 e. The zero-order valence-corrected chi connectivity index (χ0v) is 15.3. The number of carbonyl (C=O) groups excluding carboxylic acids is 1. The van der Waals surface area contributed by atoms with Gasteiger partial charge in [-0.15, -0.1) is 12.4 Å². The van der Waals surface area contributed by atoms with Gasteiger partial charge in [-0.05, 0) is 37.1 Å². The van der Waals surface area contributed by atoms with Crippen LogP contribution in [0.25, 0.3) is 0 Å². The number of piperidine rings is 1. The molecule has 1 fully saturated rings. The molecule has 2 rings (SSSR count). The molecule has 0 radical (unpaired) electrons. The molecule has 6 heteroatoms. The van der Waals surface area contributed by atoms with Gasteiger partial charge in [-0.3, -0.25) is 4.79 Å². The van der Waals surface area contributed by atoms with E-state index in [2.05, 4.69) is 0 Å². The molecule has 0 atom stereocenters. The summed E-state index contributed by atoms with van der Waals surface area (Å²) in [4.78, 5) is 14.7. The first-order valence-corrected chi connectivity index (χ1v) is 8.46. The van der Waals surface area contributed by atoms with Gasteiger partial charge in [0.05, 0.1) is 5.41 Å². The number of halogens is 2. The maximum absolute atomic E-state index is 12.9. The molecule has 4 nitrogen and oxygen atoms in total. The van der Waals surface area contributed by atoms with Crippen molar-refractivity contribution < 1.29 is 13.9 Å². The Balaban J connectivity index is 0.00000288. The Morgan fingerprint density at radius 2 is 1.79 bits per heavy atom. The number of hydrogen-bond acceptors (Lipinski definition) is 3. The Labute approximate surface area is 149 Å². The van der Waals surface area contributed by atoms with Crippen LogP contribution in [0.3, 0.4) is 0 Å². The molecule has 0 aliphatic carbocycles. The quantitative estimate of drug-likeness (QED) is 0.848. The minimum atomic E-state index is -0.426. The molecule has 0 bridgehead atoms. The van der Waals surface area contributed by atoms with Crippen LogP contribution in [0.2, 0.25) is 0 Å².